The van der Waals surface area contributed by atoms with Gasteiger partial charge in [0.1, 0.15) is 5.60 Å². The molecule has 26 heavy (non-hydrogen) atoms. The predicted octanol–water partition coefficient (Wildman–Crippen LogP) is 3.83. The highest BCUT2D eigenvalue weighted by atomic mass is 79.9. The largest absolute Gasteiger partial charge is 0.444 e. The molecule has 0 aromatic heterocycles. The van der Waals surface area contributed by atoms with E-state index in [1.54, 1.807) is 39.0 Å². The Bertz CT molecular complexity index is 759. The van der Waals surface area contributed by atoms with Gasteiger partial charge in [-0.15, -0.1) is 0 Å². The number of carbonyl (C=O) groups excluding carboxylic acids is 1. The highest BCUT2D eigenvalue weighted by Crippen LogP contribution is 2.30. The molecule has 0 spiro atoms. The van der Waals surface area contributed by atoms with Crippen molar-refractivity contribution in [1.29, 1.82) is 0 Å². The van der Waals surface area contributed by atoms with Crippen LogP contribution in [0.25, 0.3) is 0 Å². The van der Waals surface area contributed by atoms with Crippen molar-refractivity contribution in [3.05, 3.63) is 28.2 Å². The second kappa shape index (κ2) is 8.27. The molecule has 0 aliphatic carbocycles. The predicted molar refractivity (Wildman–Crippen MR) is 105 cm³/mol. The van der Waals surface area contributed by atoms with E-state index in [-0.39, 0.29) is 17.5 Å². The molecule has 1 saturated heterocycles. The molecule has 146 valence electrons. The van der Waals surface area contributed by atoms with Gasteiger partial charge in [-0.1, -0.05) is 12.5 Å². The lowest BCUT2D eigenvalue weighted by molar-refractivity contribution is 0.0512. The van der Waals surface area contributed by atoms with E-state index in [1.807, 2.05) is 6.92 Å². The molecule has 1 fully saturated rings. The zero-order valence-electron chi connectivity index (χ0n) is 15.7. The van der Waals surface area contributed by atoms with Gasteiger partial charge in [-0.2, -0.15) is 4.31 Å². The van der Waals surface area contributed by atoms with E-state index in [9.17, 15) is 13.2 Å². The molecule has 1 aromatic rings. The van der Waals surface area contributed by atoms with Crippen LogP contribution < -0.4 is 5.32 Å². The molecule has 2 rings (SSSR count). The molecule has 1 aromatic carbocycles. The number of piperidine rings is 1. The molecule has 1 aliphatic heterocycles. The van der Waals surface area contributed by atoms with Crippen molar-refractivity contribution in [3.8, 4) is 0 Å². The van der Waals surface area contributed by atoms with E-state index < -0.39 is 21.7 Å². The van der Waals surface area contributed by atoms with Gasteiger partial charge >= 0.3 is 6.09 Å². The third-order valence-corrected chi connectivity index (χ3v) is 7.06. The minimum atomic E-state index is -3.65. The Balaban J connectivity index is 2.16. The standard InChI is InChI=1S/C18H27BrN2O4S/c1-13-8-9-16(15(19)11-13)26(23,24)21-10-6-5-7-14(21)12-20-17(22)25-18(2,3)4/h8-9,11,14H,5-7,10,12H2,1-4H3,(H,20,22). The minimum absolute atomic E-state index is 0.234. The number of amides is 1. The van der Waals surface area contributed by atoms with Crippen LogP contribution in [0.5, 0.6) is 0 Å². The van der Waals surface area contributed by atoms with Gasteiger partial charge in [-0.25, -0.2) is 13.2 Å². The van der Waals surface area contributed by atoms with Crippen molar-refractivity contribution in [2.45, 2.75) is 63.5 Å². The fraction of sp³-hybridized carbons (Fsp3) is 0.611. The second-order valence-electron chi connectivity index (χ2n) is 7.58. The summed E-state index contributed by atoms with van der Waals surface area (Å²) in [5.41, 5.74) is 0.396. The fourth-order valence-corrected chi connectivity index (χ4v) is 5.80. The Morgan fingerprint density at radius 3 is 2.65 bits per heavy atom. The lowest BCUT2D eigenvalue weighted by atomic mass is 10.1. The van der Waals surface area contributed by atoms with Crippen LogP contribution >= 0.6 is 15.9 Å². The average Bonchev–Trinajstić information content (AvgIpc) is 2.51. The average molecular weight is 447 g/mol. The molecular weight excluding hydrogens is 420 g/mol. The minimum Gasteiger partial charge on any atom is -0.444 e. The number of nitrogens with one attached hydrogen (secondary N) is 1. The molecular formula is C18H27BrN2O4S. The van der Waals surface area contributed by atoms with Gasteiger partial charge in [-0.05, 0) is 74.2 Å². The van der Waals surface area contributed by atoms with E-state index in [2.05, 4.69) is 21.2 Å². The molecule has 1 aliphatic rings. The topological polar surface area (TPSA) is 75.7 Å². The van der Waals surface area contributed by atoms with Crippen molar-refractivity contribution in [2.75, 3.05) is 13.1 Å². The fourth-order valence-electron chi connectivity index (χ4n) is 2.95. The Hall–Kier alpha value is -1.12. The molecule has 1 amide bonds. The molecule has 1 unspecified atom stereocenters. The number of aryl methyl sites for hydroxylation is 1. The number of ether oxygens (including phenoxy) is 1. The summed E-state index contributed by atoms with van der Waals surface area (Å²) >= 11 is 3.37. The quantitative estimate of drug-likeness (QED) is 0.762. The Labute approximate surface area is 164 Å². The van der Waals surface area contributed by atoms with E-state index in [1.165, 1.54) is 4.31 Å². The smallest absolute Gasteiger partial charge is 0.407 e. The zero-order chi connectivity index (χ0) is 19.5. The van der Waals surface area contributed by atoms with Crippen LogP contribution in [0, 0.1) is 6.92 Å². The molecule has 0 saturated carbocycles. The summed E-state index contributed by atoms with van der Waals surface area (Å²) in [5.74, 6) is 0. The van der Waals surface area contributed by atoms with Gasteiger partial charge < -0.3 is 10.1 Å². The number of hydrogen-bond donors (Lipinski definition) is 1. The number of benzene rings is 1. The van der Waals surface area contributed by atoms with Gasteiger partial charge in [0.05, 0.1) is 4.90 Å². The maximum absolute atomic E-state index is 13.2. The number of carbonyl (C=O) groups is 1. The van der Waals surface area contributed by atoms with E-state index >= 15 is 0 Å². The Morgan fingerprint density at radius 2 is 2.04 bits per heavy atom. The van der Waals surface area contributed by atoms with Gasteiger partial charge in [0.2, 0.25) is 10.0 Å². The number of hydrogen-bond acceptors (Lipinski definition) is 4. The van der Waals surface area contributed by atoms with Crippen LogP contribution in [-0.2, 0) is 14.8 Å². The van der Waals surface area contributed by atoms with Crippen molar-refractivity contribution in [3.63, 3.8) is 0 Å². The number of nitrogens with zero attached hydrogens (tertiary/aromatic N) is 1. The monoisotopic (exact) mass is 446 g/mol. The summed E-state index contributed by atoms with van der Waals surface area (Å²) in [6.45, 7) is 7.97. The van der Waals surface area contributed by atoms with Crippen LogP contribution in [0.3, 0.4) is 0 Å². The first-order valence-electron chi connectivity index (χ1n) is 8.75. The summed E-state index contributed by atoms with van der Waals surface area (Å²) in [5, 5.41) is 2.71. The molecule has 0 radical (unpaired) electrons. The zero-order valence-corrected chi connectivity index (χ0v) is 18.1. The van der Waals surface area contributed by atoms with Gasteiger partial charge in [0, 0.05) is 23.6 Å². The maximum Gasteiger partial charge on any atom is 0.407 e. The van der Waals surface area contributed by atoms with Gasteiger partial charge in [-0.3, -0.25) is 0 Å². The summed E-state index contributed by atoms with van der Waals surface area (Å²) < 4.78 is 33.6. The van der Waals surface area contributed by atoms with Crippen molar-refractivity contribution >= 4 is 32.0 Å². The van der Waals surface area contributed by atoms with E-state index in [0.717, 1.165) is 18.4 Å². The highest BCUT2D eigenvalue weighted by molar-refractivity contribution is 9.10. The van der Waals surface area contributed by atoms with Crippen LogP contribution in [0.2, 0.25) is 0 Å². The van der Waals surface area contributed by atoms with Crippen LogP contribution in [0.15, 0.2) is 27.6 Å². The molecule has 6 nitrogen and oxygen atoms in total. The molecule has 1 N–H and O–H groups in total. The lowest BCUT2D eigenvalue weighted by Crippen LogP contribution is -2.49. The normalized spacial score (nSPS) is 19.2. The number of alkyl carbamates (subject to hydrolysis) is 1. The number of rotatable bonds is 4. The van der Waals surface area contributed by atoms with Crippen molar-refractivity contribution < 1.29 is 17.9 Å². The second-order valence-corrected chi connectivity index (χ2v) is 10.3. The van der Waals surface area contributed by atoms with E-state index in [4.69, 9.17) is 4.74 Å². The number of halogens is 1. The number of sulfonamides is 1. The first kappa shape index (κ1) is 21.2. The first-order chi connectivity index (χ1) is 12.0. The summed E-state index contributed by atoms with van der Waals surface area (Å²) in [7, 11) is -3.65. The lowest BCUT2D eigenvalue weighted by Gasteiger charge is -2.35. The van der Waals surface area contributed by atoms with E-state index in [0.29, 0.717) is 17.4 Å². The summed E-state index contributed by atoms with van der Waals surface area (Å²) in [4.78, 5) is 12.2. The molecule has 0 bridgehead atoms. The van der Waals surface area contributed by atoms with Crippen molar-refractivity contribution in [2.24, 2.45) is 0 Å². The van der Waals surface area contributed by atoms with Crippen LogP contribution in [-0.4, -0.2) is 43.5 Å². The summed E-state index contributed by atoms with van der Waals surface area (Å²) in [6.07, 6.45) is 1.92. The Morgan fingerprint density at radius 1 is 1.35 bits per heavy atom. The summed E-state index contributed by atoms with van der Waals surface area (Å²) in [6, 6.07) is 4.93. The third kappa shape index (κ3) is 5.44. The Kier molecular flexibility index (Phi) is 6.74. The molecule has 1 heterocycles. The van der Waals surface area contributed by atoms with Crippen LogP contribution in [0.1, 0.15) is 45.6 Å². The third-order valence-electron chi connectivity index (χ3n) is 4.13. The highest BCUT2D eigenvalue weighted by Gasteiger charge is 2.35. The maximum atomic E-state index is 13.2. The van der Waals surface area contributed by atoms with Crippen molar-refractivity contribution in [1.82, 2.24) is 9.62 Å². The molecule has 1 atom stereocenters. The van der Waals surface area contributed by atoms with Crippen LogP contribution in [0.4, 0.5) is 4.79 Å². The molecule has 8 heteroatoms. The van der Waals surface area contributed by atoms with Gasteiger partial charge in [0.25, 0.3) is 0 Å². The first-order valence-corrected chi connectivity index (χ1v) is 11.0. The van der Waals surface area contributed by atoms with Gasteiger partial charge in [0.15, 0.2) is 0 Å². The SMILES string of the molecule is Cc1ccc(S(=O)(=O)N2CCCCC2CNC(=O)OC(C)(C)C)c(Br)c1.